The molecule has 0 spiro atoms. The number of rotatable bonds is 5. The van der Waals surface area contributed by atoms with E-state index in [0.29, 0.717) is 6.42 Å². The number of likely N-dealkylation sites (N-methyl/N-ethyl adjacent to an activating group) is 1. The van der Waals surface area contributed by atoms with E-state index in [1.165, 1.54) is 7.05 Å². The Morgan fingerprint density at radius 2 is 1.93 bits per heavy atom. The number of nitrogens with two attached hydrogens (primary N) is 1. The van der Waals surface area contributed by atoms with Crippen LogP contribution in [0.1, 0.15) is 20.3 Å². The summed E-state index contributed by atoms with van der Waals surface area (Å²) in [6.07, 6.45) is -1.98. The summed E-state index contributed by atoms with van der Waals surface area (Å²) in [6.45, 7) is 3.31. The largest absolute Gasteiger partial charge is 0.339 e. The van der Waals surface area contributed by atoms with Crippen molar-refractivity contribution in [1.82, 2.24) is 4.90 Å². The Labute approximate surface area is 83.3 Å². The van der Waals surface area contributed by atoms with Crippen LogP contribution in [0.5, 0.6) is 0 Å². The van der Waals surface area contributed by atoms with Gasteiger partial charge in [-0.05, 0) is 12.3 Å². The molecule has 0 aliphatic carbocycles. The Morgan fingerprint density at radius 1 is 1.43 bits per heavy atom. The fourth-order valence-electron chi connectivity index (χ4n) is 1.19. The molecule has 2 N–H and O–H groups in total. The summed E-state index contributed by atoms with van der Waals surface area (Å²) in [5.74, 6) is -0.132. The lowest BCUT2D eigenvalue weighted by Crippen LogP contribution is -2.44. The third-order valence-corrected chi connectivity index (χ3v) is 1.83. The first-order valence-corrected chi connectivity index (χ1v) is 4.63. The molecule has 5 heteroatoms. The van der Waals surface area contributed by atoms with Gasteiger partial charge in [0.2, 0.25) is 5.91 Å². The molecule has 0 rings (SSSR count). The van der Waals surface area contributed by atoms with E-state index in [1.54, 1.807) is 0 Å². The summed E-state index contributed by atoms with van der Waals surface area (Å²) in [6, 6.07) is -0.668. The Balaban J connectivity index is 4.04. The lowest BCUT2D eigenvalue weighted by atomic mass is 10.0. The number of carbonyl (C=O) groups excluding carboxylic acids is 1. The van der Waals surface area contributed by atoms with Gasteiger partial charge in [-0.25, -0.2) is 8.78 Å². The minimum atomic E-state index is -2.50. The van der Waals surface area contributed by atoms with Gasteiger partial charge in [0.05, 0.1) is 12.6 Å². The molecule has 84 valence electrons. The zero-order valence-electron chi connectivity index (χ0n) is 8.84. The molecule has 0 fully saturated rings. The van der Waals surface area contributed by atoms with Gasteiger partial charge in [0.15, 0.2) is 0 Å². The molecular weight excluding hydrogens is 190 g/mol. The maximum absolute atomic E-state index is 11.9. The molecule has 0 aromatic rings. The van der Waals surface area contributed by atoms with E-state index in [0.717, 1.165) is 4.90 Å². The van der Waals surface area contributed by atoms with E-state index in [-0.39, 0.29) is 5.92 Å². The minimum Gasteiger partial charge on any atom is -0.339 e. The van der Waals surface area contributed by atoms with Crippen molar-refractivity contribution in [2.45, 2.75) is 32.7 Å². The van der Waals surface area contributed by atoms with Crippen molar-refractivity contribution in [3.8, 4) is 0 Å². The molecule has 0 unspecified atom stereocenters. The van der Waals surface area contributed by atoms with E-state index in [4.69, 9.17) is 5.73 Å². The number of nitrogens with zero attached hydrogens (tertiary/aromatic N) is 1. The number of alkyl halides is 2. The van der Waals surface area contributed by atoms with Gasteiger partial charge in [-0.1, -0.05) is 13.8 Å². The van der Waals surface area contributed by atoms with Crippen molar-refractivity contribution in [2.24, 2.45) is 11.7 Å². The van der Waals surface area contributed by atoms with Crippen LogP contribution in [0.15, 0.2) is 0 Å². The molecule has 0 aromatic heterocycles. The normalized spacial score (nSPS) is 13.4. The molecule has 0 saturated carbocycles. The smallest absolute Gasteiger partial charge is 0.255 e. The topological polar surface area (TPSA) is 46.3 Å². The SMILES string of the molecule is CC(C)C[C@@H](N)C(=O)N(C)CC(F)F. The fourth-order valence-corrected chi connectivity index (χ4v) is 1.19. The van der Waals surface area contributed by atoms with E-state index in [9.17, 15) is 13.6 Å². The molecule has 0 heterocycles. The third-order valence-electron chi connectivity index (χ3n) is 1.83. The Hall–Kier alpha value is -0.710. The van der Waals surface area contributed by atoms with Crippen molar-refractivity contribution < 1.29 is 13.6 Å². The highest BCUT2D eigenvalue weighted by molar-refractivity contribution is 5.81. The molecule has 0 radical (unpaired) electrons. The van der Waals surface area contributed by atoms with E-state index < -0.39 is 24.9 Å². The van der Waals surface area contributed by atoms with Crippen molar-refractivity contribution in [3.05, 3.63) is 0 Å². The second-order valence-electron chi connectivity index (χ2n) is 3.85. The Morgan fingerprint density at radius 3 is 2.29 bits per heavy atom. The average molecular weight is 208 g/mol. The summed E-state index contributed by atoms with van der Waals surface area (Å²) >= 11 is 0. The monoisotopic (exact) mass is 208 g/mol. The summed E-state index contributed by atoms with van der Waals surface area (Å²) in [5, 5.41) is 0. The van der Waals surface area contributed by atoms with Crippen LogP contribution in [0, 0.1) is 5.92 Å². The second kappa shape index (κ2) is 5.90. The van der Waals surface area contributed by atoms with Crippen molar-refractivity contribution in [1.29, 1.82) is 0 Å². The number of amides is 1. The quantitative estimate of drug-likeness (QED) is 0.735. The third kappa shape index (κ3) is 5.11. The minimum absolute atomic E-state index is 0.286. The zero-order chi connectivity index (χ0) is 11.3. The van der Waals surface area contributed by atoms with Gasteiger partial charge in [0.1, 0.15) is 0 Å². The predicted octanol–water partition coefficient (Wildman–Crippen LogP) is 1.08. The standard InChI is InChI=1S/C9H18F2N2O/c1-6(2)4-7(12)9(14)13(3)5-8(10)11/h6-8H,4-5,12H2,1-3H3/t7-/m1/s1. The molecule has 0 aliphatic heterocycles. The number of hydrogen-bond acceptors (Lipinski definition) is 2. The van der Waals surface area contributed by atoms with Gasteiger partial charge in [-0.15, -0.1) is 0 Å². The maximum atomic E-state index is 11.9. The highest BCUT2D eigenvalue weighted by Crippen LogP contribution is 2.06. The predicted molar refractivity (Wildman–Crippen MR) is 51.1 cm³/mol. The Bertz CT molecular complexity index is 168. The summed E-state index contributed by atoms with van der Waals surface area (Å²) < 4.78 is 23.9. The highest BCUT2D eigenvalue weighted by atomic mass is 19.3. The van der Waals surface area contributed by atoms with Crippen LogP contribution in [0.2, 0.25) is 0 Å². The summed E-state index contributed by atoms with van der Waals surface area (Å²) in [4.78, 5) is 12.4. The van der Waals surface area contributed by atoms with Gasteiger partial charge in [0, 0.05) is 7.05 Å². The average Bonchev–Trinajstić information content (AvgIpc) is 2.00. The molecule has 0 aliphatic rings. The zero-order valence-corrected chi connectivity index (χ0v) is 8.84. The molecular formula is C9H18F2N2O. The van der Waals surface area contributed by atoms with E-state index >= 15 is 0 Å². The Kier molecular flexibility index (Phi) is 5.60. The summed E-state index contributed by atoms with van der Waals surface area (Å²) in [5.41, 5.74) is 5.56. The van der Waals surface area contributed by atoms with Gasteiger partial charge in [-0.3, -0.25) is 4.79 Å². The van der Waals surface area contributed by atoms with Crippen LogP contribution in [-0.2, 0) is 4.79 Å². The first-order chi connectivity index (χ1) is 6.34. The lowest BCUT2D eigenvalue weighted by Gasteiger charge is -2.21. The van der Waals surface area contributed by atoms with Crippen LogP contribution in [0.4, 0.5) is 8.78 Å². The van der Waals surface area contributed by atoms with Crippen LogP contribution in [-0.4, -0.2) is 36.9 Å². The molecule has 1 atom stereocenters. The molecule has 14 heavy (non-hydrogen) atoms. The molecule has 3 nitrogen and oxygen atoms in total. The molecule has 0 bridgehead atoms. The van der Waals surface area contributed by atoms with Gasteiger partial charge in [-0.2, -0.15) is 0 Å². The molecule has 0 aromatic carbocycles. The van der Waals surface area contributed by atoms with Crippen molar-refractivity contribution in [2.75, 3.05) is 13.6 Å². The fraction of sp³-hybridized carbons (Fsp3) is 0.889. The highest BCUT2D eigenvalue weighted by Gasteiger charge is 2.20. The van der Waals surface area contributed by atoms with Gasteiger partial charge in [0.25, 0.3) is 6.43 Å². The van der Waals surface area contributed by atoms with Crippen LogP contribution >= 0.6 is 0 Å². The number of carbonyl (C=O) groups is 1. The number of halogens is 2. The van der Waals surface area contributed by atoms with Gasteiger partial charge >= 0.3 is 0 Å². The van der Waals surface area contributed by atoms with Crippen LogP contribution in [0.3, 0.4) is 0 Å². The van der Waals surface area contributed by atoms with E-state index in [1.807, 2.05) is 13.8 Å². The van der Waals surface area contributed by atoms with Crippen LogP contribution < -0.4 is 5.73 Å². The first kappa shape index (κ1) is 13.3. The molecule has 1 amide bonds. The maximum Gasteiger partial charge on any atom is 0.255 e. The first-order valence-electron chi connectivity index (χ1n) is 4.63. The van der Waals surface area contributed by atoms with Gasteiger partial charge < -0.3 is 10.6 Å². The lowest BCUT2D eigenvalue weighted by molar-refractivity contribution is -0.133. The van der Waals surface area contributed by atoms with Crippen molar-refractivity contribution >= 4 is 5.91 Å². The second-order valence-corrected chi connectivity index (χ2v) is 3.85. The summed E-state index contributed by atoms with van der Waals surface area (Å²) in [7, 11) is 1.34. The van der Waals surface area contributed by atoms with Crippen LogP contribution in [0.25, 0.3) is 0 Å². The van der Waals surface area contributed by atoms with Crippen molar-refractivity contribution in [3.63, 3.8) is 0 Å². The number of hydrogen-bond donors (Lipinski definition) is 1. The van der Waals surface area contributed by atoms with E-state index in [2.05, 4.69) is 0 Å². The molecule has 0 saturated heterocycles.